The number of aromatic nitrogens is 11. The molecular formula is C47H57F2N14O11+. The first-order chi connectivity index (χ1) is 35.3. The van der Waals surface area contributed by atoms with E-state index in [4.69, 9.17) is 19.7 Å². The average molecular weight is 1030 g/mol. The van der Waals surface area contributed by atoms with Crippen LogP contribution in [-0.4, -0.2) is 157 Å². The summed E-state index contributed by atoms with van der Waals surface area (Å²) in [5, 5.41) is 47.8. The molecule has 2 saturated heterocycles. The number of pyridine rings is 1. The Morgan fingerprint density at radius 3 is 1.39 bits per heavy atom. The smallest absolute Gasteiger partial charge is 0.450 e. The topological polar surface area (TPSA) is 320 Å². The number of carboxylic acid groups (broad SMARTS) is 2. The molecule has 0 saturated carbocycles. The number of hydrogen-bond acceptors (Lipinski definition) is 18. The molecule has 2 amide bonds. The quantitative estimate of drug-likeness (QED) is 0.0899. The van der Waals surface area contributed by atoms with Crippen LogP contribution in [0.5, 0.6) is 0 Å². The van der Waals surface area contributed by atoms with Crippen LogP contribution < -0.4 is 15.6 Å². The number of H-pyrrole nitrogens is 1. The zero-order valence-electron chi connectivity index (χ0n) is 39.8. The maximum Gasteiger partial charge on any atom is 0.506 e. The molecule has 7 heterocycles. The molecule has 2 aliphatic rings. The Morgan fingerprint density at radius 2 is 1.05 bits per heavy atom. The van der Waals surface area contributed by atoms with Crippen LogP contribution >= 0.6 is 0 Å². The Morgan fingerprint density at radius 1 is 0.649 bits per heavy atom. The first kappa shape index (κ1) is 56.6. The fourth-order valence-corrected chi connectivity index (χ4v) is 7.38. The van der Waals surface area contributed by atoms with Gasteiger partial charge in [0.05, 0.1) is 6.61 Å². The van der Waals surface area contributed by atoms with E-state index < -0.39 is 79.9 Å². The Labute approximate surface area is 421 Å². The fourth-order valence-electron chi connectivity index (χ4n) is 7.38. The molecule has 2 aliphatic heterocycles. The summed E-state index contributed by atoms with van der Waals surface area (Å²) in [7, 11) is 0. The highest BCUT2D eigenvalue weighted by atomic mass is 19.1. The molecule has 7 aromatic rings. The molecular weight excluding hydrogens is 975 g/mol. The Kier molecular flexibility index (Phi) is 21.1. The number of aliphatic hydroxyl groups is 1. The predicted octanol–water partition coefficient (Wildman–Crippen LogP) is 5.43. The number of hydrogen-bond donors (Lipinski definition) is 5. The maximum absolute atomic E-state index is 15.0. The molecule has 0 aliphatic carbocycles. The number of fused-ring (bicyclic) bond motifs is 2. The van der Waals surface area contributed by atoms with E-state index in [2.05, 4.69) is 91.3 Å². The van der Waals surface area contributed by atoms with Crippen molar-refractivity contribution in [1.29, 1.82) is 0 Å². The fraction of sp³-hybridized carbons (Fsp3) is 0.383. The van der Waals surface area contributed by atoms with Crippen molar-refractivity contribution in [3.05, 3.63) is 115 Å². The number of nitrogens with one attached hydrogen (secondary N) is 3. The first-order valence-electron chi connectivity index (χ1n) is 22.8. The number of rotatable bonds is 13. The summed E-state index contributed by atoms with van der Waals surface area (Å²) >= 11 is 0. The minimum Gasteiger partial charge on any atom is -0.450 e. The normalized spacial score (nSPS) is 20.6. The standard InChI is InChI=1S/C18H17FN6O5.C17H15FN6O6.C6H15N.C5H5N.CH4/c1-2-10-13(30-18(27)28)11(19)17(29-10)25-15-12(23-24-25)14(20-8-21-15)22-16(26)9-6-4-3-5-7-9;18-10-12(30-17(27)28)9(6-25)29-16(10)24-14-11(22-23-24)13(19-7-20-14)21-15(26)8-4-2-1-3-5-8;1-4-7(5-2)6-3;1-2-4-6-5-3-1;/h3-8,10-11,13,17H,2H2,1H3,(H,27,28)(H,20,21,22,26);1-5,7,9-10,12,16,25H,6H2,(H,27,28)(H,19,20,21,26);4-6H2,1-3H3;1-5H;1H4/p+1/t10-,11+,13-,17-;9-,10+,12-,16-;;;/m11.../s1. The number of carbonyl (C=O) groups is 4. The molecule has 0 bridgehead atoms. The third-order valence-corrected chi connectivity index (χ3v) is 11.1. The molecule has 8 atom stereocenters. The summed E-state index contributed by atoms with van der Waals surface area (Å²) in [5.74, 6) is -0.711. The summed E-state index contributed by atoms with van der Waals surface area (Å²) in [6.45, 7) is 11.2. The minimum atomic E-state index is -1.99. The van der Waals surface area contributed by atoms with Crippen molar-refractivity contribution in [3.63, 3.8) is 0 Å². The molecule has 25 nitrogen and oxygen atoms in total. The number of halogens is 2. The van der Waals surface area contributed by atoms with E-state index >= 15 is 0 Å². The first-order valence-corrected chi connectivity index (χ1v) is 22.8. The van der Waals surface area contributed by atoms with Gasteiger partial charge in [-0.1, -0.05) is 88.0 Å². The molecule has 0 spiro atoms. The van der Waals surface area contributed by atoms with Crippen molar-refractivity contribution in [3.8, 4) is 0 Å². The lowest BCUT2D eigenvalue weighted by atomic mass is 10.1. The number of ether oxygens (including phenoxy) is 4. The lowest BCUT2D eigenvalue weighted by molar-refractivity contribution is -0.378. The van der Waals surface area contributed by atoms with Gasteiger partial charge in [0.2, 0.25) is 0 Å². The van der Waals surface area contributed by atoms with Crippen molar-refractivity contribution in [1.82, 2.24) is 54.8 Å². The van der Waals surface area contributed by atoms with E-state index in [0.29, 0.717) is 17.5 Å². The van der Waals surface area contributed by atoms with Gasteiger partial charge in [0.25, 0.3) is 11.8 Å². The second-order valence-electron chi connectivity index (χ2n) is 15.5. The van der Waals surface area contributed by atoms with E-state index in [1.807, 2.05) is 30.6 Å². The van der Waals surface area contributed by atoms with Gasteiger partial charge in [-0.15, -0.1) is 10.2 Å². The molecule has 27 heteroatoms. The van der Waals surface area contributed by atoms with Crippen LogP contribution in [0.15, 0.2) is 104 Å². The SMILES string of the molecule is C.CCN(CC)CC.CC[C@H]1O[C@@H](n2nnc3c(NC(=O)c4ccccc4)ncnc32)[C@@H](F)[C@@H]1OC(=O)O.O=C(O)O[C@H]1[C@H](F)[C@H](n2nnc3c(NC(=O)c4ccccc4)ncnc32)O[C@@H]1CO.c1cc[nH+]cc1. The maximum atomic E-state index is 15.0. The minimum absolute atomic E-state index is 0. The zero-order chi connectivity index (χ0) is 52.4. The van der Waals surface area contributed by atoms with Crippen LogP contribution in [0.3, 0.4) is 0 Å². The van der Waals surface area contributed by atoms with Gasteiger partial charge in [-0.2, -0.15) is 9.36 Å². The predicted molar refractivity (Wildman–Crippen MR) is 259 cm³/mol. The van der Waals surface area contributed by atoms with Crippen molar-refractivity contribution in [2.24, 2.45) is 0 Å². The van der Waals surface area contributed by atoms with E-state index in [9.17, 15) is 33.1 Å². The average Bonchev–Trinajstić information content (AvgIpc) is 4.19. The van der Waals surface area contributed by atoms with Crippen LogP contribution in [-0.2, 0) is 18.9 Å². The van der Waals surface area contributed by atoms with Crippen LogP contribution in [0, 0.1) is 0 Å². The van der Waals surface area contributed by atoms with E-state index in [-0.39, 0.29) is 41.4 Å². The summed E-state index contributed by atoms with van der Waals surface area (Å²) in [5.41, 5.74) is 1.16. The highest BCUT2D eigenvalue weighted by molar-refractivity contribution is 6.07. The van der Waals surface area contributed by atoms with Crippen LogP contribution in [0.4, 0.5) is 30.0 Å². The van der Waals surface area contributed by atoms with Crippen molar-refractivity contribution >= 4 is 58.1 Å². The number of anilines is 2. The second-order valence-corrected chi connectivity index (χ2v) is 15.5. The molecule has 2 fully saturated rings. The molecule has 0 unspecified atom stereocenters. The van der Waals surface area contributed by atoms with Crippen LogP contribution in [0.1, 0.15) is 74.7 Å². The van der Waals surface area contributed by atoms with Gasteiger partial charge in [-0.05, 0) is 50.3 Å². The number of aliphatic hydroxyl groups excluding tert-OH is 1. The monoisotopic (exact) mass is 1030 g/mol. The van der Waals surface area contributed by atoms with Crippen molar-refractivity contribution < 1.29 is 67.2 Å². The highest BCUT2D eigenvalue weighted by Crippen LogP contribution is 2.37. The molecule has 74 heavy (non-hydrogen) atoms. The largest absolute Gasteiger partial charge is 0.506 e. The number of amides is 2. The number of aromatic amines is 1. The molecule has 0 radical (unpaired) electrons. The molecule has 2 aromatic carbocycles. The summed E-state index contributed by atoms with van der Waals surface area (Å²) in [6.07, 6.45) is -8.38. The lowest BCUT2D eigenvalue weighted by Crippen LogP contribution is -2.35. The lowest BCUT2D eigenvalue weighted by Gasteiger charge is -2.15. The number of benzene rings is 2. The van der Waals surface area contributed by atoms with E-state index in [1.165, 1.54) is 26.0 Å². The third-order valence-electron chi connectivity index (χ3n) is 11.1. The highest BCUT2D eigenvalue weighted by Gasteiger charge is 2.50. The van der Waals surface area contributed by atoms with E-state index in [1.54, 1.807) is 67.6 Å². The molecule has 6 N–H and O–H groups in total. The second kappa shape index (κ2) is 27.5. The van der Waals surface area contributed by atoms with Gasteiger partial charge >= 0.3 is 12.3 Å². The van der Waals surface area contributed by atoms with Crippen LogP contribution in [0.2, 0.25) is 0 Å². The van der Waals surface area contributed by atoms with Gasteiger partial charge < -0.3 is 49.8 Å². The van der Waals surface area contributed by atoms with E-state index in [0.717, 1.165) is 15.7 Å². The van der Waals surface area contributed by atoms with Gasteiger partial charge in [-0.3, -0.25) is 9.59 Å². The Hall–Kier alpha value is -8.27. The Balaban J connectivity index is 0.000000218. The summed E-state index contributed by atoms with van der Waals surface area (Å²) in [6, 6.07) is 22.8. The van der Waals surface area contributed by atoms with Gasteiger partial charge in [0.1, 0.15) is 24.9 Å². The zero-order valence-corrected chi connectivity index (χ0v) is 39.8. The van der Waals surface area contributed by atoms with Gasteiger partial charge in [0, 0.05) is 23.3 Å². The summed E-state index contributed by atoms with van der Waals surface area (Å²) in [4.78, 5) is 67.9. The number of alkyl halides is 2. The number of nitrogens with zero attached hydrogens (tertiary/aromatic N) is 11. The molecule has 9 rings (SSSR count). The van der Waals surface area contributed by atoms with Gasteiger partial charge in [-0.25, -0.2) is 43.3 Å². The van der Waals surface area contributed by atoms with Crippen molar-refractivity contribution in [2.75, 3.05) is 36.9 Å². The number of carbonyl (C=O) groups excluding carboxylic acids is 2. The molecule has 394 valence electrons. The third kappa shape index (κ3) is 14.0. The van der Waals surface area contributed by atoms with Crippen LogP contribution in [0.25, 0.3) is 22.3 Å². The molecule has 5 aromatic heterocycles. The summed E-state index contributed by atoms with van der Waals surface area (Å²) < 4.78 is 52.0. The van der Waals surface area contributed by atoms with Crippen molar-refractivity contribution in [2.45, 2.75) is 90.8 Å². The Bertz CT molecular complexity index is 2670. The van der Waals surface area contributed by atoms with Gasteiger partial charge in [0.15, 0.2) is 83.4 Å².